The lowest BCUT2D eigenvalue weighted by molar-refractivity contribution is 0.0582. The lowest BCUT2D eigenvalue weighted by Crippen LogP contribution is -2.28. The van der Waals surface area contributed by atoms with Gasteiger partial charge in [0.15, 0.2) is 0 Å². The molecule has 9 nitrogen and oxygen atoms in total. The minimum absolute atomic E-state index is 0.00933. The van der Waals surface area contributed by atoms with Crippen LogP contribution in [-0.4, -0.2) is 36.7 Å². The van der Waals surface area contributed by atoms with Gasteiger partial charge in [-0.1, -0.05) is 36.4 Å². The first-order chi connectivity index (χ1) is 24.7. The van der Waals surface area contributed by atoms with Crippen LogP contribution in [0.5, 0.6) is 40.2 Å². The fraction of sp³-hybridized carbons (Fsp3) is 0.190. The molecule has 1 fully saturated rings. The van der Waals surface area contributed by atoms with E-state index in [4.69, 9.17) is 14.2 Å². The number of aromatic hydroxyl groups is 5. The number of hydrogen-bond acceptors (Lipinski definition) is 9. The molecule has 9 heteroatoms. The summed E-state index contributed by atoms with van der Waals surface area (Å²) in [6.07, 6.45) is 1.17. The smallest absolute Gasteiger partial charge is 0.135 e. The number of benzene rings is 5. The zero-order chi connectivity index (χ0) is 34.7. The van der Waals surface area contributed by atoms with Gasteiger partial charge in [-0.3, -0.25) is 0 Å². The second kappa shape index (κ2) is 10.7. The summed E-state index contributed by atoms with van der Waals surface area (Å²) >= 11 is 0. The van der Waals surface area contributed by atoms with Crippen molar-refractivity contribution in [1.82, 2.24) is 0 Å². The van der Waals surface area contributed by atoms with Crippen LogP contribution in [-0.2, 0) is 4.74 Å². The highest BCUT2D eigenvalue weighted by molar-refractivity contribution is 5.66. The van der Waals surface area contributed by atoms with Crippen LogP contribution in [0, 0.1) is 5.92 Å². The molecular formula is C42H32O9. The summed E-state index contributed by atoms with van der Waals surface area (Å²) in [5, 5.41) is 64.6. The molecule has 8 atom stereocenters. The van der Waals surface area contributed by atoms with Crippen LogP contribution in [0.1, 0.15) is 75.0 Å². The van der Waals surface area contributed by atoms with Crippen LogP contribution in [0.2, 0.25) is 0 Å². The third-order valence-corrected chi connectivity index (χ3v) is 11.2. The first-order valence-electron chi connectivity index (χ1n) is 16.9. The van der Waals surface area contributed by atoms with E-state index in [9.17, 15) is 30.6 Å². The number of hydrogen-bond donors (Lipinski definition) is 6. The van der Waals surface area contributed by atoms with Gasteiger partial charge in [0.2, 0.25) is 0 Å². The van der Waals surface area contributed by atoms with Crippen molar-refractivity contribution in [2.24, 2.45) is 5.92 Å². The molecule has 3 heterocycles. The van der Waals surface area contributed by atoms with Gasteiger partial charge in [-0.15, -0.1) is 0 Å². The van der Waals surface area contributed by atoms with E-state index in [0.29, 0.717) is 11.5 Å². The van der Waals surface area contributed by atoms with E-state index >= 15 is 0 Å². The van der Waals surface area contributed by atoms with Crippen molar-refractivity contribution in [1.29, 1.82) is 0 Å². The van der Waals surface area contributed by atoms with Crippen LogP contribution in [0.15, 0.2) is 121 Å². The Bertz CT molecular complexity index is 2290. The van der Waals surface area contributed by atoms with Crippen molar-refractivity contribution in [3.8, 4) is 40.2 Å². The zero-order valence-corrected chi connectivity index (χ0v) is 26.9. The summed E-state index contributed by atoms with van der Waals surface area (Å²) in [6.45, 7) is 0. The molecule has 0 saturated carbocycles. The predicted octanol–water partition coefficient (Wildman–Crippen LogP) is 7.93. The van der Waals surface area contributed by atoms with Crippen LogP contribution >= 0.6 is 0 Å². The summed E-state index contributed by atoms with van der Waals surface area (Å²) in [5.41, 5.74) is 6.52. The van der Waals surface area contributed by atoms with Crippen molar-refractivity contribution in [3.05, 3.63) is 159 Å². The van der Waals surface area contributed by atoms with Gasteiger partial charge < -0.3 is 44.8 Å². The lowest BCUT2D eigenvalue weighted by Gasteiger charge is -2.34. The summed E-state index contributed by atoms with van der Waals surface area (Å²) in [5.74, 6) is -0.327. The molecule has 1 saturated heterocycles. The number of allylic oxidation sites excluding steroid dienone is 1. The molecule has 51 heavy (non-hydrogen) atoms. The standard InChI is InChI=1S/C42H32O9/c43-22-7-1-19(2-8-22)40-37-28-13-25(46)17-32-35(28)39(42(50-32)21-5-11-24(45)12-6-21)30-15-27(48)18-33-36(30)38(29-14-26(47)16-31(49-40)34(29)37)41(51-33)20-3-9-23(44)10-4-20/h1-18,31,34,37-48H/t31-,34+,37-,38+,39-,40+,41-,42+/m1/s1. The van der Waals surface area contributed by atoms with Gasteiger partial charge in [0.1, 0.15) is 58.2 Å². The summed E-state index contributed by atoms with van der Waals surface area (Å²) in [6, 6.07) is 27.4. The zero-order valence-electron chi connectivity index (χ0n) is 26.9. The minimum Gasteiger partial charge on any atom is -0.508 e. The Morgan fingerprint density at radius 3 is 1.47 bits per heavy atom. The molecule has 10 rings (SSSR count). The molecular weight excluding hydrogens is 648 g/mol. The average molecular weight is 681 g/mol. The average Bonchev–Trinajstić information content (AvgIpc) is 3.80. The molecule has 0 bridgehead atoms. The normalized spacial score (nSPS) is 27.8. The van der Waals surface area contributed by atoms with Gasteiger partial charge in [-0.2, -0.15) is 0 Å². The monoisotopic (exact) mass is 680 g/mol. The highest BCUT2D eigenvalue weighted by Gasteiger charge is 2.57. The molecule has 0 radical (unpaired) electrons. The van der Waals surface area contributed by atoms with E-state index in [1.165, 1.54) is 0 Å². The van der Waals surface area contributed by atoms with E-state index < -0.39 is 42.2 Å². The maximum atomic E-state index is 11.3. The van der Waals surface area contributed by atoms with Gasteiger partial charge in [0.05, 0.1) is 24.0 Å². The minimum atomic E-state index is -0.619. The van der Waals surface area contributed by atoms with E-state index in [2.05, 4.69) is 0 Å². The molecule has 5 aromatic rings. The molecule has 3 aliphatic heterocycles. The molecule has 5 aromatic carbocycles. The predicted molar refractivity (Wildman–Crippen MR) is 184 cm³/mol. The number of aliphatic hydroxyl groups excluding tert-OH is 1. The molecule has 5 aliphatic rings. The first-order valence-corrected chi connectivity index (χ1v) is 16.9. The number of fused-ring (bicyclic) bond motifs is 3. The van der Waals surface area contributed by atoms with Gasteiger partial charge in [-0.05, 0) is 94.1 Å². The van der Waals surface area contributed by atoms with Gasteiger partial charge in [-0.25, -0.2) is 0 Å². The van der Waals surface area contributed by atoms with Crippen LogP contribution in [0.3, 0.4) is 0 Å². The Morgan fingerprint density at radius 2 is 0.922 bits per heavy atom. The second-order valence-electron chi connectivity index (χ2n) is 14.0. The Hall–Kier alpha value is -6.06. The largest absolute Gasteiger partial charge is 0.508 e. The maximum absolute atomic E-state index is 11.3. The molecule has 0 amide bonds. The fourth-order valence-electron chi connectivity index (χ4n) is 9.24. The topological polar surface area (TPSA) is 149 Å². The summed E-state index contributed by atoms with van der Waals surface area (Å²) < 4.78 is 20.5. The Kier molecular flexibility index (Phi) is 6.27. The van der Waals surface area contributed by atoms with Crippen LogP contribution < -0.4 is 9.47 Å². The SMILES string of the molecule is OC1=C[C@H]2O[C@@H](c3ccc(O)cc3)[C@@H]3c4cc(O)cc5c4[C@@H](c4cc(O)cc6c4[C@H](C(=C1)[C@H]32)[C@@H](c1ccc(O)cc1)O6)[C@H](c1ccc(O)cc1)O5. The fourth-order valence-corrected chi connectivity index (χ4v) is 9.24. The first kappa shape index (κ1) is 29.8. The Labute approximate surface area is 292 Å². The van der Waals surface area contributed by atoms with E-state index in [1.54, 1.807) is 72.8 Å². The van der Waals surface area contributed by atoms with Crippen molar-refractivity contribution >= 4 is 0 Å². The number of ether oxygens (including phenoxy) is 3. The van der Waals surface area contributed by atoms with Crippen molar-refractivity contribution in [2.75, 3.05) is 0 Å². The lowest BCUT2D eigenvalue weighted by atomic mass is 9.68. The summed E-state index contributed by atoms with van der Waals surface area (Å²) in [7, 11) is 0. The van der Waals surface area contributed by atoms with Gasteiger partial charge >= 0.3 is 0 Å². The molecule has 6 N–H and O–H groups in total. The molecule has 0 spiro atoms. The molecule has 254 valence electrons. The summed E-state index contributed by atoms with van der Waals surface area (Å²) in [4.78, 5) is 0. The van der Waals surface area contributed by atoms with Crippen molar-refractivity contribution in [2.45, 2.75) is 42.2 Å². The highest BCUT2D eigenvalue weighted by atomic mass is 16.5. The van der Waals surface area contributed by atoms with E-state index in [1.807, 2.05) is 36.4 Å². The van der Waals surface area contributed by atoms with Crippen LogP contribution in [0.25, 0.3) is 0 Å². The molecule has 2 aliphatic carbocycles. The molecule has 0 aromatic heterocycles. The van der Waals surface area contributed by atoms with Crippen molar-refractivity contribution < 1.29 is 44.8 Å². The van der Waals surface area contributed by atoms with Gasteiger partial charge in [0.25, 0.3) is 0 Å². The molecule has 0 unspecified atom stereocenters. The number of aliphatic hydroxyl groups is 1. The van der Waals surface area contributed by atoms with Crippen molar-refractivity contribution in [3.63, 3.8) is 0 Å². The van der Waals surface area contributed by atoms with E-state index in [0.717, 1.165) is 44.5 Å². The second-order valence-corrected chi connectivity index (χ2v) is 14.0. The Morgan fingerprint density at radius 1 is 0.451 bits per heavy atom. The van der Waals surface area contributed by atoms with Gasteiger partial charge in [0, 0.05) is 35.1 Å². The number of phenols is 5. The quantitative estimate of drug-likeness (QED) is 0.112. The number of rotatable bonds is 3. The third-order valence-electron chi connectivity index (χ3n) is 11.2. The highest BCUT2D eigenvalue weighted by Crippen LogP contribution is 2.67. The maximum Gasteiger partial charge on any atom is 0.135 e. The van der Waals surface area contributed by atoms with Crippen LogP contribution in [0.4, 0.5) is 0 Å². The third kappa shape index (κ3) is 4.44. The van der Waals surface area contributed by atoms with E-state index in [-0.39, 0.29) is 40.4 Å². The number of phenolic OH excluding ortho intramolecular Hbond substituents is 5. The Balaban J connectivity index is 1.30.